The zero-order chi connectivity index (χ0) is 12.8. The van der Waals surface area contributed by atoms with Gasteiger partial charge in [-0.05, 0) is 26.3 Å². The van der Waals surface area contributed by atoms with Crippen molar-refractivity contribution in [3.63, 3.8) is 0 Å². The number of thioether (sulfide) groups is 1. The second-order valence-electron chi connectivity index (χ2n) is 5.69. The van der Waals surface area contributed by atoms with Crippen LogP contribution in [0.4, 0.5) is 0 Å². The molecule has 1 heterocycles. The molecule has 0 aliphatic carbocycles. The molecule has 0 bridgehead atoms. The number of nitrogens with one attached hydrogen (secondary N) is 1. The van der Waals surface area contributed by atoms with Gasteiger partial charge in [0.05, 0.1) is 0 Å². The summed E-state index contributed by atoms with van der Waals surface area (Å²) in [4.78, 5) is 4.97. The second-order valence-corrected chi connectivity index (χ2v) is 6.77. The first-order valence-electron chi connectivity index (χ1n) is 6.67. The third-order valence-corrected chi connectivity index (χ3v) is 4.42. The molecule has 3 nitrogen and oxygen atoms in total. The largest absolute Gasteiger partial charge is 0.314 e. The van der Waals surface area contributed by atoms with Gasteiger partial charge in [0.25, 0.3) is 0 Å². The van der Waals surface area contributed by atoms with Gasteiger partial charge in [-0.3, -0.25) is 4.90 Å². The second kappa shape index (κ2) is 7.62. The monoisotopic (exact) mass is 259 g/mol. The van der Waals surface area contributed by atoms with E-state index in [9.17, 15) is 0 Å². The van der Waals surface area contributed by atoms with Crippen molar-refractivity contribution in [1.29, 1.82) is 0 Å². The molecule has 0 radical (unpaired) electrons. The molecule has 1 N–H and O–H groups in total. The van der Waals surface area contributed by atoms with Crippen molar-refractivity contribution in [2.75, 3.05) is 53.1 Å². The SMILES string of the molecule is CSC1CNCC1N(CCN(C)C)CC(C)C. The molecule has 4 heteroatoms. The first-order valence-corrected chi connectivity index (χ1v) is 7.95. The Kier molecular flexibility index (Phi) is 6.85. The predicted octanol–water partition coefficient (Wildman–Crippen LogP) is 1.21. The Morgan fingerprint density at radius 3 is 2.47 bits per heavy atom. The van der Waals surface area contributed by atoms with Gasteiger partial charge in [0.2, 0.25) is 0 Å². The van der Waals surface area contributed by atoms with Crippen LogP contribution in [0.1, 0.15) is 13.8 Å². The Bertz CT molecular complexity index is 209. The fraction of sp³-hybridized carbons (Fsp3) is 1.00. The smallest absolute Gasteiger partial charge is 0.0352 e. The summed E-state index contributed by atoms with van der Waals surface area (Å²) in [5.74, 6) is 0.750. The summed E-state index contributed by atoms with van der Waals surface area (Å²) < 4.78 is 0. The van der Waals surface area contributed by atoms with Crippen molar-refractivity contribution in [3.05, 3.63) is 0 Å². The highest BCUT2D eigenvalue weighted by atomic mass is 32.2. The highest BCUT2D eigenvalue weighted by Gasteiger charge is 2.31. The van der Waals surface area contributed by atoms with Crippen LogP contribution in [0.25, 0.3) is 0 Å². The van der Waals surface area contributed by atoms with E-state index in [4.69, 9.17) is 0 Å². The highest BCUT2D eigenvalue weighted by molar-refractivity contribution is 7.99. The van der Waals surface area contributed by atoms with Crippen LogP contribution in [-0.4, -0.2) is 74.2 Å². The van der Waals surface area contributed by atoms with Gasteiger partial charge in [-0.1, -0.05) is 13.8 Å². The zero-order valence-electron chi connectivity index (χ0n) is 12.1. The average Bonchev–Trinajstić information content (AvgIpc) is 2.71. The minimum atomic E-state index is 0.715. The molecule has 0 saturated carbocycles. The van der Waals surface area contributed by atoms with Gasteiger partial charge in [-0.15, -0.1) is 0 Å². The van der Waals surface area contributed by atoms with Crippen LogP contribution in [0.2, 0.25) is 0 Å². The lowest BCUT2D eigenvalue weighted by atomic mass is 10.1. The van der Waals surface area contributed by atoms with Crippen LogP contribution in [0.15, 0.2) is 0 Å². The Balaban J connectivity index is 2.54. The van der Waals surface area contributed by atoms with Crippen LogP contribution >= 0.6 is 11.8 Å². The van der Waals surface area contributed by atoms with Crippen LogP contribution < -0.4 is 5.32 Å². The maximum absolute atomic E-state index is 3.54. The molecule has 0 aromatic rings. The van der Waals surface area contributed by atoms with Gasteiger partial charge in [0.15, 0.2) is 0 Å². The van der Waals surface area contributed by atoms with Crippen molar-refractivity contribution >= 4 is 11.8 Å². The third kappa shape index (κ3) is 5.16. The van der Waals surface area contributed by atoms with Gasteiger partial charge in [-0.25, -0.2) is 0 Å². The summed E-state index contributed by atoms with van der Waals surface area (Å²) in [5, 5.41) is 4.30. The van der Waals surface area contributed by atoms with Crippen LogP contribution in [-0.2, 0) is 0 Å². The fourth-order valence-corrected chi connectivity index (χ4v) is 3.30. The Morgan fingerprint density at radius 2 is 1.94 bits per heavy atom. The lowest BCUT2D eigenvalue weighted by molar-refractivity contribution is 0.172. The number of hydrogen-bond donors (Lipinski definition) is 1. The minimum absolute atomic E-state index is 0.715. The van der Waals surface area contributed by atoms with Gasteiger partial charge >= 0.3 is 0 Å². The van der Waals surface area contributed by atoms with E-state index in [0.717, 1.165) is 24.3 Å². The third-order valence-electron chi connectivity index (χ3n) is 3.33. The van der Waals surface area contributed by atoms with E-state index in [-0.39, 0.29) is 0 Å². The van der Waals surface area contributed by atoms with Crippen molar-refractivity contribution in [2.45, 2.75) is 25.1 Å². The Labute approximate surface area is 111 Å². The number of nitrogens with zero attached hydrogens (tertiary/aromatic N) is 2. The molecule has 0 aromatic carbocycles. The van der Waals surface area contributed by atoms with Crippen LogP contribution in [0.3, 0.4) is 0 Å². The van der Waals surface area contributed by atoms with E-state index in [1.807, 2.05) is 11.8 Å². The van der Waals surface area contributed by atoms with Gasteiger partial charge in [0, 0.05) is 44.0 Å². The van der Waals surface area contributed by atoms with E-state index >= 15 is 0 Å². The lowest BCUT2D eigenvalue weighted by Crippen LogP contribution is -2.46. The van der Waals surface area contributed by atoms with E-state index in [2.05, 4.69) is 49.3 Å². The molecule has 0 aromatic heterocycles. The predicted molar refractivity (Wildman–Crippen MR) is 78.9 cm³/mol. The summed E-state index contributed by atoms with van der Waals surface area (Å²) in [6.07, 6.45) is 2.24. The maximum Gasteiger partial charge on any atom is 0.0352 e. The molecule has 17 heavy (non-hydrogen) atoms. The van der Waals surface area contributed by atoms with Crippen molar-refractivity contribution < 1.29 is 0 Å². The molecule has 1 aliphatic rings. The van der Waals surface area contributed by atoms with Crippen LogP contribution in [0.5, 0.6) is 0 Å². The van der Waals surface area contributed by atoms with Gasteiger partial charge in [-0.2, -0.15) is 11.8 Å². The first-order chi connectivity index (χ1) is 8.04. The molecule has 2 unspecified atom stereocenters. The number of likely N-dealkylation sites (N-methyl/N-ethyl adjacent to an activating group) is 1. The molecule has 102 valence electrons. The zero-order valence-corrected chi connectivity index (χ0v) is 12.9. The molecule has 1 aliphatic heterocycles. The summed E-state index contributed by atoms with van der Waals surface area (Å²) >= 11 is 2.01. The van der Waals surface area contributed by atoms with E-state index in [1.165, 1.54) is 19.6 Å². The molecule has 0 spiro atoms. The molecule has 1 rings (SSSR count). The summed E-state index contributed by atoms with van der Waals surface area (Å²) in [6.45, 7) is 10.5. The number of rotatable bonds is 7. The van der Waals surface area contributed by atoms with E-state index in [0.29, 0.717) is 6.04 Å². The topological polar surface area (TPSA) is 18.5 Å². The lowest BCUT2D eigenvalue weighted by Gasteiger charge is -2.33. The maximum atomic E-state index is 3.54. The van der Waals surface area contributed by atoms with Gasteiger partial charge < -0.3 is 10.2 Å². The number of hydrogen-bond acceptors (Lipinski definition) is 4. The van der Waals surface area contributed by atoms with Crippen molar-refractivity contribution in [3.8, 4) is 0 Å². The molecule has 2 atom stereocenters. The molecular weight excluding hydrogens is 230 g/mol. The quantitative estimate of drug-likeness (QED) is 0.740. The van der Waals surface area contributed by atoms with Crippen molar-refractivity contribution in [2.24, 2.45) is 5.92 Å². The van der Waals surface area contributed by atoms with E-state index in [1.54, 1.807) is 0 Å². The Morgan fingerprint density at radius 1 is 1.24 bits per heavy atom. The molecular formula is C13H29N3S. The summed E-state index contributed by atoms with van der Waals surface area (Å²) in [6, 6.07) is 0.715. The normalized spacial score (nSPS) is 25.4. The summed E-state index contributed by atoms with van der Waals surface area (Å²) in [7, 11) is 4.32. The first kappa shape index (κ1) is 15.3. The minimum Gasteiger partial charge on any atom is -0.314 e. The van der Waals surface area contributed by atoms with Crippen LogP contribution in [0, 0.1) is 5.92 Å². The molecule has 0 amide bonds. The summed E-state index contributed by atoms with van der Waals surface area (Å²) in [5.41, 5.74) is 0. The van der Waals surface area contributed by atoms with Gasteiger partial charge in [0.1, 0.15) is 0 Å². The Hall–Kier alpha value is 0.230. The van der Waals surface area contributed by atoms with Crippen molar-refractivity contribution in [1.82, 2.24) is 15.1 Å². The molecule has 1 saturated heterocycles. The van der Waals surface area contributed by atoms with E-state index < -0.39 is 0 Å². The fourth-order valence-electron chi connectivity index (χ4n) is 2.44. The molecule has 1 fully saturated rings. The average molecular weight is 259 g/mol. The highest BCUT2D eigenvalue weighted by Crippen LogP contribution is 2.20. The standard InChI is InChI=1S/C13H29N3S/c1-11(2)10-16(7-6-15(3)4)12-8-14-9-13(12)17-5/h11-14H,6-10H2,1-5H3.